The van der Waals surface area contributed by atoms with Gasteiger partial charge >= 0.3 is 0 Å². The average Bonchev–Trinajstić information content (AvgIpc) is 2.85. The lowest BCUT2D eigenvalue weighted by Crippen LogP contribution is -2.13. The number of carbonyl (C=O) groups excluding carboxylic acids is 1. The van der Waals surface area contributed by atoms with Crippen LogP contribution in [0.5, 0.6) is 0 Å². The maximum absolute atomic E-state index is 11.1. The molecule has 23 heavy (non-hydrogen) atoms. The number of rotatable bonds is 5. The van der Waals surface area contributed by atoms with Crippen LogP contribution in [0.25, 0.3) is 10.8 Å². The van der Waals surface area contributed by atoms with Gasteiger partial charge in [-0.25, -0.2) is 4.98 Å². The molecule has 0 aliphatic rings. The molecule has 3 rings (SSSR count). The maximum atomic E-state index is 11.1. The summed E-state index contributed by atoms with van der Waals surface area (Å²) in [5.41, 5.74) is 7.50. The highest BCUT2D eigenvalue weighted by Crippen LogP contribution is 2.40. The Balaban J connectivity index is 1.86. The predicted octanol–water partition coefficient (Wildman–Crippen LogP) is 4.49. The first-order valence-electron chi connectivity index (χ1n) is 7.43. The summed E-state index contributed by atoms with van der Waals surface area (Å²) in [6.45, 7) is 4.12. The van der Waals surface area contributed by atoms with Crippen LogP contribution in [0.15, 0.2) is 46.8 Å². The number of nitrogens with two attached hydrogens (primary N) is 1. The summed E-state index contributed by atoms with van der Waals surface area (Å²) in [5.74, 6) is -0.310. The first kappa shape index (κ1) is 16.0. The van der Waals surface area contributed by atoms with Crippen molar-refractivity contribution in [3.05, 3.63) is 58.6 Å². The molecule has 1 heterocycles. The Labute approximate surface area is 143 Å². The number of aryl methyl sites for hydroxylation is 1. The quantitative estimate of drug-likeness (QED) is 0.695. The van der Waals surface area contributed by atoms with Gasteiger partial charge in [0, 0.05) is 10.1 Å². The summed E-state index contributed by atoms with van der Waals surface area (Å²) in [7, 11) is 0. The largest absolute Gasteiger partial charge is 0.369 e. The van der Waals surface area contributed by atoms with Crippen molar-refractivity contribution in [2.24, 2.45) is 5.73 Å². The Hall–Kier alpha value is -1.85. The molecule has 0 saturated carbocycles. The number of thiazole rings is 1. The van der Waals surface area contributed by atoms with Crippen LogP contribution < -0.4 is 5.73 Å². The zero-order valence-corrected chi connectivity index (χ0v) is 14.7. The molecule has 0 unspecified atom stereocenters. The van der Waals surface area contributed by atoms with Crippen molar-refractivity contribution in [3.63, 3.8) is 0 Å². The normalized spacial score (nSPS) is 12.4. The van der Waals surface area contributed by atoms with Gasteiger partial charge in [0.2, 0.25) is 5.91 Å². The van der Waals surface area contributed by atoms with Crippen molar-refractivity contribution < 1.29 is 4.79 Å². The molecule has 0 spiro atoms. The van der Waals surface area contributed by atoms with Crippen molar-refractivity contribution >= 4 is 39.8 Å². The van der Waals surface area contributed by atoms with Gasteiger partial charge in [0.05, 0.1) is 12.1 Å². The third-order valence-corrected chi connectivity index (χ3v) is 6.14. The smallest absolute Gasteiger partial charge is 0.222 e. The fourth-order valence-electron chi connectivity index (χ4n) is 2.59. The van der Waals surface area contributed by atoms with Gasteiger partial charge in [0.1, 0.15) is 0 Å². The van der Waals surface area contributed by atoms with Crippen LogP contribution in [0.1, 0.15) is 28.3 Å². The Morgan fingerprint density at radius 1 is 1.26 bits per heavy atom. The van der Waals surface area contributed by atoms with E-state index in [-0.39, 0.29) is 17.6 Å². The van der Waals surface area contributed by atoms with E-state index in [0.717, 1.165) is 14.9 Å². The lowest BCUT2D eigenvalue weighted by atomic mass is 10.0. The monoisotopic (exact) mass is 342 g/mol. The fraction of sp³-hybridized carbons (Fsp3) is 0.222. The van der Waals surface area contributed by atoms with Crippen molar-refractivity contribution in [3.8, 4) is 0 Å². The fourth-order valence-corrected chi connectivity index (χ4v) is 5.15. The second kappa shape index (κ2) is 6.72. The summed E-state index contributed by atoms with van der Waals surface area (Å²) >= 11 is 3.30. The predicted molar refractivity (Wildman–Crippen MR) is 98.0 cm³/mol. The lowest BCUT2D eigenvalue weighted by molar-refractivity contribution is -0.117. The van der Waals surface area contributed by atoms with Crippen LogP contribution in [0.2, 0.25) is 0 Å². The number of fused-ring (bicyclic) bond motifs is 1. The molecular formula is C18H18N2OS2. The minimum absolute atomic E-state index is 0.271. The van der Waals surface area contributed by atoms with Gasteiger partial charge in [-0.1, -0.05) is 54.2 Å². The van der Waals surface area contributed by atoms with Crippen molar-refractivity contribution in [2.75, 3.05) is 0 Å². The Kier molecular flexibility index (Phi) is 4.68. The standard InChI is InChI=1S/C18H18N2OS2/c1-11-16(10-17(19)21)23-18(20-11)22-12(2)14-9-5-7-13-6-3-4-8-15(13)14/h3-9,12H,10H2,1-2H3,(H2,19,21)/t12-/m0/s1. The molecule has 2 N–H and O–H groups in total. The molecule has 0 aliphatic heterocycles. The van der Waals surface area contributed by atoms with Crippen LogP contribution in [0.3, 0.4) is 0 Å². The minimum atomic E-state index is -0.310. The molecule has 118 valence electrons. The summed E-state index contributed by atoms with van der Waals surface area (Å²) in [5, 5.41) is 2.82. The van der Waals surface area contributed by atoms with Crippen LogP contribution in [0.4, 0.5) is 0 Å². The highest BCUT2D eigenvalue weighted by molar-refractivity contribution is 8.01. The number of hydrogen-bond acceptors (Lipinski definition) is 4. The van der Waals surface area contributed by atoms with E-state index in [9.17, 15) is 4.79 Å². The van der Waals surface area contributed by atoms with Crippen molar-refractivity contribution in [1.29, 1.82) is 0 Å². The second-order valence-electron chi connectivity index (χ2n) is 5.46. The van der Waals surface area contributed by atoms with Gasteiger partial charge in [-0.3, -0.25) is 4.79 Å². The third-order valence-electron chi connectivity index (χ3n) is 3.75. The molecule has 0 radical (unpaired) electrons. The van der Waals surface area contributed by atoms with E-state index in [0.29, 0.717) is 0 Å². The number of amides is 1. The number of nitrogens with zero attached hydrogens (tertiary/aromatic N) is 1. The van der Waals surface area contributed by atoms with Crippen LogP contribution in [-0.2, 0) is 11.2 Å². The molecule has 0 bridgehead atoms. The van der Waals surface area contributed by atoms with E-state index in [1.807, 2.05) is 6.92 Å². The van der Waals surface area contributed by atoms with Crippen molar-refractivity contribution in [1.82, 2.24) is 4.98 Å². The zero-order valence-electron chi connectivity index (χ0n) is 13.1. The van der Waals surface area contributed by atoms with Gasteiger partial charge in [-0.05, 0) is 30.2 Å². The molecule has 1 atom stereocenters. The molecular weight excluding hydrogens is 324 g/mol. The lowest BCUT2D eigenvalue weighted by Gasteiger charge is -2.12. The molecule has 3 aromatic rings. The average molecular weight is 342 g/mol. The number of aromatic nitrogens is 1. The molecule has 1 amide bonds. The number of hydrogen-bond donors (Lipinski definition) is 1. The van der Waals surface area contributed by atoms with E-state index >= 15 is 0 Å². The summed E-state index contributed by atoms with van der Waals surface area (Å²) in [4.78, 5) is 16.7. The van der Waals surface area contributed by atoms with Gasteiger partial charge in [0.25, 0.3) is 0 Å². The number of carbonyl (C=O) groups is 1. The summed E-state index contributed by atoms with van der Waals surface area (Å²) < 4.78 is 0.985. The van der Waals surface area contributed by atoms with Gasteiger partial charge in [-0.15, -0.1) is 11.3 Å². The number of thioether (sulfide) groups is 1. The second-order valence-corrected chi connectivity index (χ2v) is 8.13. The van der Waals surface area contributed by atoms with Crippen molar-refractivity contribution in [2.45, 2.75) is 29.9 Å². The Bertz CT molecular complexity index is 852. The Morgan fingerprint density at radius 3 is 2.78 bits per heavy atom. The molecule has 3 nitrogen and oxygen atoms in total. The summed E-state index contributed by atoms with van der Waals surface area (Å²) in [6.07, 6.45) is 0.271. The van der Waals surface area contributed by atoms with Gasteiger partial charge in [0.15, 0.2) is 4.34 Å². The van der Waals surface area contributed by atoms with Gasteiger partial charge in [-0.2, -0.15) is 0 Å². The zero-order chi connectivity index (χ0) is 16.4. The van der Waals surface area contributed by atoms with E-state index < -0.39 is 0 Å². The highest BCUT2D eigenvalue weighted by atomic mass is 32.2. The van der Waals surface area contributed by atoms with Crippen LogP contribution in [-0.4, -0.2) is 10.9 Å². The molecule has 0 aliphatic carbocycles. The molecule has 0 saturated heterocycles. The van der Waals surface area contributed by atoms with Crippen LogP contribution in [0, 0.1) is 6.92 Å². The first-order valence-corrected chi connectivity index (χ1v) is 9.13. The van der Waals surface area contributed by atoms with E-state index in [4.69, 9.17) is 5.73 Å². The summed E-state index contributed by atoms with van der Waals surface area (Å²) in [6, 6.07) is 14.8. The number of primary amides is 1. The number of benzene rings is 2. The van der Waals surface area contributed by atoms with Gasteiger partial charge < -0.3 is 5.73 Å². The first-order chi connectivity index (χ1) is 11.0. The highest BCUT2D eigenvalue weighted by Gasteiger charge is 2.15. The van der Waals surface area contributed by atoms with E-state index in [1.165, 1.54) is 16.3 Å². The third kappa shape index (κ3) is 3.57. The molecule has 2 aromatic carbocycles. The SMILES string of the molecule is Cc1nc(S[C@@H](C)c2cccc3ccccc23)sc1CC(N)=O. The minimum Gasteiger partial charge on any atom is -0.369 e. The van der Waals surface area contributed by atoms with Crippen LogP contribution >= 0.6 is 23.1 Å². The molecule has 1 aromatic heterocycles. The molecule has 0 fully saturated rings. The topological polar surface area (TPSA) is 56.0 Å². The molecule has 5 heteroatoms. The van der Waals surface area contributed by atoms with E-state index in [2.05, 4.69) is 54.4 Å². The van der Waals surface area contributed by atoms with E-state index in [1.54, 1.807) is 23.1 Å². The Morgan fingerprint density at radius 2 is 2.00 bits per heavy atom. The maximum Gasteiger partial charge on any atom is 0.222 e.